The highest BCUT2D eigenvalue weighted by Gasteiger charge is 2.17. The minimum Gasteiger partial charge on any atom is -0.368 e. The SMILES string of the molecule is C=CC[C@@H](NC(=O)c1ccccn1)C(N)=O. The van der Waals surface area contributed by atoms with Gasteiger partial charge in [-0.05, 0) is 18.6 Å². The number of hydrogen-bond donors (Lipinski definition) is 2. The number of primary amides is 1. The maximum atomic E-state index is 11.6. The Balaban J connectivity index is 2.69. The standard InChI is InChI=1S/C11H13N3O2/c1-2-5-8(10(12)15)14-11(16)9-6-3-4-7-13-9/h2-4,6-8H,1,5H2,(H2,12,15)(H,14,16)/t8-/m1/s1. The Morgan fingerprint density at radius 3 is 2.81 bits per heavy atom. The molecule has 1 rings (SSSR count). The van der Waals surface area contributed by atoms with Gasteiger partial charge in [-0.15, -0.1) is 6.58 Å². The monoisotopic (exact) mass is 219 g/mol. The van der Waals surface area contributed by atoms with E-state index in [0.29, 0.717) is 6.42 Å². The minimum absolute atomic E-state index is 0.248. The molecule has 0 saturated carbocycles. The van der Waals surface area contributed by atoms with Crippen LogP contribution in [0.2, 0.25) is 0 Å². The fourth-order valence-corrected chi connectivity index (χ4v) is 1.14. The molecule has 0 aliphatic rings. The molecule has 2 amide bonds. The lowest BCUT2D eigenvalue weighted by atomic mass is 10.2. The number of pyridine rings is 1. The fraction of sp³-hybridized carbons (Fsp3) is 0.182. The van der Waals surface area contributed by atoms with E-state index in [1.165, 1.54) is 12.3 Å². The van der Waals surface area contributed by atoms with Crippen LogP contribution >= 0.6 is 0 Å². The van der Waals surface area contributed by atoms with E-state index in [9.17, 15) is 9.59 Å². The van der Waals surface area contributed by atoms with Crippen molar-refractivity contribution in [3.05, 3.63) is 42.7 Å². The predicted octanol–water partition coefficient (Wildman–Crippen LogP) is 0.241. The van der Waals surface area contributed by atoms with E-state index in [2.05, 4.69) is 16.9 Å². The fourth-order valence-electron chi connectivity index (χ4n) is 1.14. The molecule has 0 aliphatic carbocycles. The molecule has 1 aromatic heterocycles. The molecular weight excluding hydrogens is 206 g/mol. The van der Waals surface area contributed by atoms with Crippen LogP contribution in [-0.2, 0) is 4.79 Å². The zero-order chi connectivity index (χ0) is 12.0. The van der Waals surface area contributed by atoms with Crippen molar-refractivity contribution in [1.29, 1.82) is 0 Å². The van der Waals surface area contributed by atoms with Crippen LogP contribution in [0.4, 0.5) is 0 Å². The Hall–Kier alpha value is -2.17. The van der Waals surface area contributed by atoms with Gasteiger partial charge >= 0.3 is 0 Å². The quantitative estimate of drug-likeness (QED) is 0.696. The van der Waals surface area contributed by atoms with Gasteiger partial charge < -0.3 is 11.1 Å². The molecule has 1 heterocycles. The van der Waals surface area contributed by atoms with Crippen LogP contribution in [0.3, 0.4) is 0 Å². The molecule has 0 aliphatic heterocycles. The summed E-state index contributed by atoms with van der Waals surface area (Å²) < 4.78 is 0. The molecule has 0 saturated heterocycles. The average Bonchev–Trinajstić information content (AvgIpc) is 2.29. The third-order valence-electron chi connectivity index (χ3n) is 1.95. The number of nitrogens with one attached hydrogen (secondary N) is 1. The summed E-state index contributed by atoms with van der Waals surface area (Å²) in [4.78, 5) is 26.5. The van der Waals surface area contributed by atoms with Crippen LogP contribution in [-0.4, -0.2) is 22.8 Å². The number of amides is 2. The molecule has 5 heteroatoms. The zero-order valence-electron chi connectivity index (χ0n) is 8.72. The van der Waals surface area contributed by atoms with Crippen LogP contribution in [0, 0.1) is 0 Å². The summed E-state index contributed by atoms with van der Waals surface area (Å²) in [6, 6.07) is 4.20. The molecule has 0 spiro atoms. The van der Waals surface area contributed by atoms with Crippen molar-refractivity contribution in [3.8, 4) is 0 Å². The minimum atomic E-state index is -0.744. The average molecular weight is 219 g/mol. The van der Waals surface area contributed by atoms with Gasteiger partial charge in [0, 0.05) is 6.20 Å². The van der Waals surface area contributed by atoms with Crippen molar-refractivity contribution < 1.29 is 9.59 Å². The van der Waals surface area contributed by atoms with Crippen molar-refractivity contribution in [1.82, 2.24) is 10.3 Å². The molecule has 16 heavy (non-hydrogen) atoms. The summed E-state index contributed by atoms with van der Waals surface area (Å²) in [5.41, 5.74) is 5.38. The van der Waals surface area contributed by atoms with Crippen LogP contribution in [0.5, 0.6) is 0 Å². The predicted molar refractivity (Wildman–Crippen MR) is 59.5 cm³/mol. The van der Waals surface area contributed by atoms with Gasteiger partial charge in [-0.3, -0.25) is 14.6 Å². The summed E-state index contributed by atoms with van der Waals surface area (Å²) >= 11 is 0. The largest absolute Gasteiger partial charge is 0.368 e. The number of rotatable bonds is 5. The summed E-state index contributed by atoms with van der Waals surface area (Å²) in [6.45, 7) is 3.49. The first-order valence-corrected chi connectivity index (χ1v) is 4.77. The van der Waals surface area contributed by atoms with Gasteiger partial charge in [0.05, 0.1) is 0 Å². The van der Waals surface area contributed by atoms with Crippen LogP contribution < -0.4 is 11.1 Å². The van der Waals surface area contributed by atoms with Gasteiger partial charge in [0.2, 0.25) is 5.91 Å². The number of hydrogen-bond acceptors (Lipinski definition) is 3. The summed E-state index contributed by atoms with van der Waals surface area (Å²) in [6.07, 6.45) is 3.32. The van der Waals surface area contributed by atoms with Crippen LogP contribution in [0.25, 0.3) is 0 Å². The van der Waals surface area contributed by atoms with E-state index in [-0.39, 0.29) is 5.69 Å². The second kappa shape index (κ2) is 5.65. The lowest BCUT2D eigenvalue weighted by molar-refractivity contribution is -0.119. The molecule has 0 unspecified atom stereocenters. The highest BCUT2D eigenvalue weighted by molar-refractivity contribution is 5.95. The number of nitrogens with zero attached hydrogens (tertiary/aromatic N) is 1. The van der Waals surface area contributed by atoms with Gasteiger partial charge in [0.1, 0.15) is 11.7 Å². The smallest absolute Gasteiger partial charge is 0.270 e. The highest BCUT2D eigenvalue weighted by Crippen LogP contribution is 1.97. The molecule has 0 fully saturated rings. The van der Waals surface area contributed by atoms with Crippen LogP contribution in [0.15, 0.2) is 37.1 Å². The second-order valence-electron chi connectivity index (χ2n) is 3.17. The Labute approximate surface area is 93.4 Å². The Bertz CT molecular complexity index is 389. The van der Waals surface area contributed by atoms with Crippen LogP contribution in [0.1, 0.15) is 16.9 Å². The maximum absolute atomic E-state index is 11.6. The molecule has 3 N–H and O–H groups in total. The molecule has 1 aromatic rings. The molecule has 0 radical (unpaired) electrons. The Kier molecular flexibility index (Phi) is 4.20. The lowest BCUT2D eigenvalue weighted by Gasteiger charge is -2.12. The third kappa shape index (κ3) is 3.20. The first kappa shape index (κ1) is 11.9. The van der Waals surface area contributed by atoms with Crippen molar-refractivity contribution in [2.24, 2.45) is 5.73 Å². The third-order valence-corrected chi connectivity index (χ3v) is 1.95. The Morgan fingerprint density at radius 1 is 1.56 bits per heavy atom. The number of carbonyl (C=O) groups is 2. The van der Waals surface area contributed by atoms with E-state index in [0.717, 1.165) is 0 Å². The lowest BCUT2D eigenvalue weighted by Crippen LogP contribution is -2.44. The topological polar surface area (TPSA) is 85.1 Å². The second-order valence-corrected chi connectivity index (χ2v) is 3.17. The zero-order valence-corrected chi connectivity index (χ0v) is 8.72. The summed E-state index contributed by atoms with van der Waals surface area (Å²) in [5.74, 6) is -1.02. The molecule has 1 atom stereocenters. The van der Waals surface area contributed by atoms with Crippen molar-refractivity contribution in [3.63, 3.8) is 0 Å². The number of aromatic nitrogens is 1. The van der Waals surface area contributed by atoms with E-state index in [4.69, 9.17) is 5.73 Å². The number of nitrogens with two attached hydrogens (primary N) is 1. The first-order valence-electron chi connectivity index (χ1n) is 4.77. The summed E-state index contributed by atoms with van der Waals surface area (Å²) in [5, 5.41) is 2.49. The molecule has 84 valence electrons. The van der Waals surface area contributed by atoms with Crippen molar-refractivity contribution >= 4 is 11.8 Å². The van der Waals surface area contributed by atoms with Gasteiger partial charge in [-0.1, -0.05) is 12.1 Å². The van der Waals surface area contributed by atoms with Gasteiger partial charge in [-0.25, -0.2) is 0 Å². The molecule has 5 nitrogen and oxygen atoms in total. The normalized spacial score (nSPS) is 11.5. The molecular formula is C11H13N3O2. The van der Waals surface area contributed by atoms with E-state index in [1.54, 1.807) is 18.2 Å². The van der Waals surface area contributed by atoms with E-state index >= 15 is 0 Å². The van der Waals surface area contributed by atoms with Gasteiger partial charge in [0.15, 0.2) is 0 Å². The highest BCUT2D eigenvalue weighted by atomic mass is 16.2. The first-order chi connectivity index (χ1) is 7.65. The van der Waals surface area contributed by atoms with Gasteiger partial charge in [0.25, 0.3) is 5.91 Å². The summed E-state index contributed by atoms with van der Waals surface area (Å²) in [7, 11) is 0. The maximum Gasteiger partial charge on any atom is 0.270 e. The molecule has 0 bridgehead atoms. The number of carbonyl (C=O) groups excluding carboxylic acids is 2. The van der Waals surface area contributed by atoms with Crippen molar-refractivity contribution in [2.45, 2.75) is 12.5 Å². The van der Waals surface area contributed by atoms with E-state index < -0.39 is 17.9 Å². The van der Waals surface area contributed by atoms with E-state index in [1.807, 2.05) is 0 Å². The Morgan fingerprint density at radius 2 is 2.31 bits per heavy atom. The van der Waals surface area contributed by atoms with Crippen molar-refractivity contribution in [2.75, 3.05) is 0 Å². The molecule has 0 aromatic carbocycles. The van der Waals surface area contributed by atoms with Gasteiger partial charge in [-0.2, -0.15) is 0 Å².